The zero-order chi connectivity index (χ0) is 19.8. The number of imide groups is 1. The molecule has 0 saturated carbocycles. The smallest absolute Gasteiger partial charge is 0.324 e. The lowest BCUT2D eigenvalue weighted by Gasteiger charge is -2.22. The minimum absolute atomic E-state index is 0.174. The van der Waals surface area contributed by atoms with Gasteiger partial charge in [-0.1, -0.05) is 23.7 Å². The van der Waals surface area contributed by atoms with Gasteiger partial charge in [0, 0.05) is 5.69 Å². The van der Waals surface area contributed by atoms with Crippen LogP contribution in [0.15, 0.2) is 42.5 Å². The zero-order valence-electron chi connectivity index (χ0n) is 14.1. The fourth-order valence-electron chi connectivity index (χ4n) is 2.74. The summed E-state index contributed by atoms with van der Waals surface area (Å²) < 4.78 is 26.3. The Morgan fingerprint density at radius 1 is 1.19 bits per heavy atom. The van der Waals surface area contributed by atoms with Gasteiger partial charge in [0.15, 0.2) is 0 Å². The molecule has 27 heavy (non-hydrogen) atoms. The Morgan fingerprint density at radius 2 is 1.85 bits per heavy atom. The molecule has 0 radical (unpaired) electrons. The Morgan fingerprint density at radius 3 is 2.48 bits per heavy atom. The topological polar surface area (TPSA) is 78.5 Å². The van der Waals surface area contributed by atoms with E-state index in [1.54, 1.807) is 0 Å². The van der Waals surface area contributed by atoms with E-state index >= 15 is 0 Å². The molecule has 0 spiro atoms. The Balaban J connectivity index is 1.74. The first-order valence-corrected chi connectivity index (χ1v) is 8.23. The Hall–Kier alpha value is -3.00. The number of urea groups is 1. The molecule has 1 unspecified atom stereocenters. The number of amides is 4. The molecule has 1 saturated heterocycles. The van der Waals surface area contributed by atoms with Gasteiger partial charge in [-0.25, -0.2) is 13.6 Å². The van der Waals surface area contributed by atoms with Crippen molar-refractivity contribution >= 4 is 35.1 Å². The van der Waals surface area contributed by atoms with E-state index in [2.05, 4.69) is 10.6 Å². The van der Waals surface area contributed by atoms with Crippen LogP contribution < -0.4 is 10.6 Å². The third kappa shape index (κ3) is 3.61. The lowest BCUT2D eigenvalue weighted by Crippen LogP contribution is -2.42. The average molecular weight is 394 g/mol. The predicted molar refractivity (Wildman–Crippen MR) is 94.0 cm³/mol. The van der Waals surface area contributed by atoms with E-state index in [-0.39, 0.29) is 10.7 Å². The summed E-state index contributed by atoms with van der Waals surface area (Å²) in [6, 6.07) is 7.96. The number of rotatable bonds is 4. The van der Waals surface area contributed by atoms with E-state index in [1.165, 1.54) is 43.3 Å². The lowest BCUT2D eigenvalue weighted by atomic mass is 9.92. The molecule has 1 atom stereocenters. The molecule has 2 N–H and O–H groups in total. The van der Waals surface area contributed by atoms with Crippen LogP contribution in [0.4, 0.5) is 19.3 Å². The standard InChI is InChI=1S/C18H14ClF2N3O3/c1-18(10-2-4-11(20)5-3-10)16(26)24(17(27)23-18)9-15(25)22-12-6-7-14(21)13(19)8-12/h2-8H,9H2,1H3,(H,22,25)(H,23,27). The fraction of sp³-hybridized carbons (Fsp3) is 0.167. The summed E-state index contributed by atoms with van der Waals surface area (Å²) in [6.07, 6.45) is 0. The highest BCUT2D eigenvalue weighted by atomic mass is 35.5. The van der Waals surface area contributed by atoms with Gasteiger partial charge < -0.3 is 10.6 Å². The summed E-state index contributed by atoms with van der Waals surface area (Å²) >= 11 is 5.65. The molecule has 2 aromatic carbocycles. The summed E-state index contributed by atoms with van der Waals surface area (Å²) in [6.45, 7) is 0.925. The number of benzene rings is 2. The third-order valence-corrected chi connectivity index (χ3v) is 4.49. The highest BCUT2D eigenvalue weighted by molar-refractivity contribution is 6.31. The van der Waals surface area contributed by atoms with Crippen LogP contribution in [-0.2, 0) is 15.1 Å². The molecular formula is C18H14ClF2N3O3. The summed E-state index contributed by atoms with van der Waals surface area (Å²) in [7, 11) is 0. The number of carbonyl (C=O) groups excluding carboxylic acids is 3. The monoisotopic (exact) mass is 393 g/mol. The van der Waals surface area contributed by atoms with E-state index in [1.807, 2.05) is 0 Å². The molecule has 6 nitrogen and oxygen atoms in total. The molecule has 140 valence electrons. The van der Waals surface area contributed by atoms with Gasteiger partial charge in [-0.2, -0.15) is 0 Å². The number of anilines is 1. The second-order valence-corrected chi connectivity index (χ2v) is 6.54. The first-order chi connectivity index (χ1) is 12.7. The summed E-state index contributed by atoms with van der Waals surface area (Å²) in [4.78, 5) is 37.8. The highest BCUT2D eigenvalue weighted by Gasteiger charge is 2.49. The Labute approximate surface area is 158 Å². The van der Waals surface area contributed by atoms with Gasteiger partial charge in [-0.3, -0.25) is 14.5 Å². The van der Waals surface area contributed by atoms with Gasteiger partial charge in [-0.15, -0.1) is 0 Å². The largest absolute Gasteiger partial charge is 0.325 e. The minimum atomic E-state index is -1.41. The summed E-state index contributed by atoms with van der Waals surface area (Å²) in [5.74, 6) is -2.43. The van der Waals surface area contributed by atoms with Crippen LogP contribution in [0.1, 0.15) is 12.5 Å². The molecule has 9 heteroatoms. The van der Waals surface area contributed by atoms with Gasteiger partial charge in [0.2, 0.25) is 5.91 Å². The van der Waals surface area contributed by atoms with Gasteiger partial charge >= 0.3 is 6.03 Å². The van der Waals surface area contributed by atoms with Crippen LogP contribution in [0.5, 0.6) is 0 Å². The van der Waals surface area contributed by atoms with Crippen LogP contribution in [0, 0.1) is 11.6 Å². The number of hydrogen-bond donors (Lipinski definition) is 2. The fourth-order valence-corrected chi connectivity index (χ4v) is 2.92. The van der Waals surface area contributed by atoms with Crippen molar-refractivity contribution in [3.05, 3.63) is 64.7 Å². The van der Waals surface area contributed by atoms with Crippen molar-refractivity contribution in [1.29, 1.82) is 0 Å². The van der Waals surface area contributed by atoms with E-state index in [9.17, 15) is 23.2 Å². The number of carbonyl (C=O) groups is 3. The Bertz CT molecular complexity index is 936. The molecule has 1 aliphatic rings. The van der Waals surface area contributed by atoms with E-state index in [0.29, 0.717) is 5.56 Å². The molecule has 3 rings (SSSR count). The predicted octanol–water partition coefficient (Wildman–Crippen LogP) is 3.02. The van der Waals surface area contributed by atoms with Crippen LogP contribution in [0.3, 0.4) is 0 Å². The second-order valence-electron chi connectivity index (χ2n) is 6.13. The average Bonchev–Trinajstić information content (AvgIpc) is 2.83. The third-order valence-electron chi connectivity index (χ3n) is 4.20. The quantitative estimate of drug-likeness (QED) is 0.784. The molecule has 1 fully saturated rings. The molecule has 0 bridgehead atoms. The van der Waals surface area contributed by atoms with Crippen molar-refractivity contribution in [2.45, 2.75) is 12.5 Å². The van der Waals surface area contributed by atoms with Crippen LogP contribution >= 0.6 is 11.6 Å². The van der Waals surface area contributed by atoms with Crippen LogP contribution in [-0.4, -0.2) is 29.3 Å². The molecule has 0 aromatic heterocycles. The molecule has 1 aliphatic heterocycles. The van der Waals surface area contributed by atoms with E-state index in [4.69, 9.17) is 11.6 Å². The van der Waals surface area contributed by atoms with Crippen molar-refractivity contribution in [1.82, 2.24) is 10.2 Å². The first kappa shape index (κ1) is 18.8. The van der Waals surface area contributed by atoms with E-state index in [0.717, 1.165) is 11.0 Å². The number of nitrogens with zero attached hydrogens (tertiary/aromatic N) is 1. The van der Waals surface area contributed by atoms with Crippen LogP contribution in [0.2, 0.25) is 5.02 Å². The molecule has 0 aliphatic carbocycles. The highest BCUT2D eigenvalue weighted by Crippen LogP contribution is 2.29. The second kappa shape index (κ2) is 6.96. The van der Waals surface area contributed by atoms with Gasteiger partial charge in [-0.05, 0) is 42.8 Å². The molecular weight excluding hydrogens is 380 g/mol. The van der Waals surface area contributed by atoms with Gasteiger partial charge in [0.1, 0.15) is 23.7 Å². The maximum absolute atomic E-state index is 13.2. The minimum Gasteiger partial charge on any atom is -0.324 e. The zero-order valence-corrected chi connectivity index (χ0v) is 14.8. The van der Waals surface area contributed by atoms with Crippen LogP contribution in [0.25, 0.3) is 0 Å². The van der Waals surface area contributed by atoms with Crippen molar-refractivity contribution in [2.75, 3.05) is 11.9 Å². The molecule has 1 heterocycles. The van der Waals surface area contributed by atoms with Gasteiger partial charge in [0.05, 0.1) is 5.02 Å². The van der Waals surface area contributed by atoms with Crippen molar-refractivity contribution in [2.24, 2.45) is 0 Å². The molecule has 4 amide bonds. The van der Waals surface area contributed by atoms with E-state index < -0.39 is 41.6 Å². The van der Waals surface area contributed by atoms with Crippen molar-refractivity contribution in [3.63, 3.8) is 0 Å². The SMILES string of the molecule is CC1(c2ccc(F)cc2)NC(=O)N(CC(=O)Nc2ccc(F)c(Cl)c2)C1=O. The maximum atomic E-state index is 13.2. The summed E-state index contributed by atoms with van der Waals surface area (Å²) in [5.41, 5.74) is -0.806. The van der Waals surface area contributed by atoms with Crippen molar-refractivity contribution in [3.8, 4) is 0 Å². The Kier molecular flexibility index (Phi) is 4.84. The normalized spacial score (nSPS) is 19.2. The molecule has 2 aromatic rings. The first-order valence-electron chi connectivity index (χ1n) is 7.86. The maximum Gasteiger partial charge on any atom is 0.325 e. The van der Waals surface area contributed by atoms with Crippen molar-refractivity contribution < 1.29 is 23.2 Å². The van der Waals surface area contributed by atoms with Gasteiger partial charge in [0.25, 0.3) is 5.91 Å². The summed E-state index contributed by atoms with van der Waals surface area (Å²) in [5, 5.41) is 4.78. The number of nitrogens with one attached hydrogen (secondary N) is 2. The number of halogens is 3. The number of hydrogen-bond acceptors (Lipinski definition) is 3. The lowest BCUT2D eigenvalue weighted by molar-refractivity contribution is -0.133.